The maximum Gasteiger partial charge on any atom is 0.143 e. The third-order valence-corrected chi connectivity index (χ3v) is 9.99. The average molecular weight is 653 g/mol. The number of rotatable bonds is 6. The summed E-state index contributed by atoms with van der Waals surface area (Å²) in [6, 6.07) is 66.7. The zero-order valence-electron chi connectivity index (χ0n) is 27.8. The Morgan fingerprint density at radius 1 is 0.373 bits per heavy atom. The molecule has 0 radical (unpaired) electrons. The number of nitrogens with zero attached hydrogens (tertiary/aromatic N) is 1. The number of furan rings is 1. The Bertz CT molecular complexity index is 2850. The van der Waals surface area contributed by atoms with Crippen molar-refractivity contribution in [1.29, 1.82) is 0 Å². The van der Waals surface area contributed by atoms with Gasteiger partial charge in [-0.1, -0.05) is 127 Å². The van der Waals surface area contributed by atoms with E-state index in [4.69, 9.17) is 4.42 Å². The van der Waals surface area contributed by atoms with Crippen LogP contribution in [0, 0.1) is 0 Å². The molecule has 0 saturated carbocycles. The van der Waals surface area contributed by atoms with Crippen LogP contribution in [-0.2, 0) is 0 Å². The predicted molar refractivity (Wildman–Crippen MR) is 214 cm³/mol. The van der Waals surface area contributed by atoms with Crippen molar-refractivity contribution in [1.82, 2.24) is 4.57 Å². The van der Waals surface area contributed by atoms with Crippen LogP contribution in [0.15, 0.2) is 192 Å². The lowest BCUT2D eigenvalue weighted by Crippen LogP contribution is -1.93. The van der Waals surface area contributed by atoms with Crippen LogP contribution in [0.1, 0.15) is 0 Å². The second kappa shape index (κ2) is 11.9. The highest BCUT2D eigenvalue weighted by atomic mass is 16.3. The Hall–Kier alpha value is -6.84. The molecule has 0 fully saturated rings. The molecule has 2 aromatic heterocycles. The van der Waals surface area contributed by atoms with Gasteiger partial charge in [-0.3, -0.25) is 0 Å². The predicted octanol–water partition coefficient (Wildman–Crippen LogP) is 13.4. The summed E-state index contributed by atoms with van der Waals surface area (Å²) in [4.78, 5) is 0. The highest BCUT2D eigenvalue weighted by molar-refractivity contribution is 6.11. The van der Waals surface area contributed by atoms with Gasteiger partial charge in [-0.05, 0) is 88.5 Å². The second-order valence-electron chi connectivity index (χ2n) is 13.1. The first-order valence-corrected chi connectivity index (χ1v) is 17.3. The van der Waals surface area contributed by atoms with Crippen LogP contribution in [-0.4, -0.2) is 4.57 Å². The molecule has 240 valence electrons. The van der Waals surface area contributed by atoms with Crippen molar-refractivity contribution in [2.75, 3.05) is 5.32 Å². The summed E-state index contributed by atoms with van der Waals surface area (Å²) >= 11 is 0. The van der Waals surface area contributed by atoms with Crippen molar-refractivity contribution in [2.45, 2.75) is 0 Å². The Morgan fingerprint density at radius 2 is 0.961 bits per heavy atom. The number of hydrogen-bond donors (Lipinski definition) is 1. The fraction of sp³-hybridized carbons (Fsp3) is 0. The number of para-hydroxylation sites is 3. The fourth-order valence-corrected chi connectivity index (χ4v) is 7.49. The number of hydrogen-bond acceptors (Lipinski definition) is 2. The Labute approximate surface area is 295 Å². The van der Waals surface area contributed by atoms with Crippen molar-refractivity contribution < 1.29 is 4.42 Å². The second-order valence-corrected chi connectivity index (χ2v) is 13.1. The van der Waals surface area contributed by atoms with E-state index < -0.39 is 0 Å². The number of fused-ring (bicyclic) bond motifs is 6. The van der Waals surface area contributed by atoms with E-state index in [2.05, 4.69) is 192 Å². The number of nitrogens with one attached hydrogen (secondary N) is 1. The van der Waals surface area contributed by atoms with Gasteiger partial charge in [0.1, 0.15) is 11.2 Å². The lowest BCUT2D eigenvalue weighted by Gasteiger charge is -2.10. The van der Waals surface area contributed by atoms with Crippen LogP contribution >= 0.6 is 0 Å². The third kappa shape index (κ3) is 5.06. The highest BCUT2D eigenvalue weighted by Gasteiger charge is 2.15. The molecule has 10 rings (SSSR count). The van der Waals surface area contributed by atoms with Gasteiger partial charge in [-0.15, -0.1) is 0 Å². The van der Waals surface area contributed by atoms with Crippen LogP contribution < -0.4 is 5.32 Å². The molecular formula is C48H32N2O. The maximum atomic E-state index is 6.39. The van der Waals surface area contributed by atoms with Gasteiger partial charge < -0.3 is 14.3 Å². The van der Waals surface area contributed by atoms with Gasteiger partial charge in [0.2, 0.25) is 0 Å². The molecule has 8 aromatic carbocycles. The molecule has 0 aliphatic rings. The quantitative estimate of drug-likeness (QED) is 0.194. The molecule has 0 bridgehead atoms. The Morgan fingerprint density at radius 3 is 1.71 bits per heavy atom. The van der Waals surface area contributed by atoms with E-state index in [1.807, 2.05) is 6.07 Å². The van der Waals surface area contributed by atoms with Gasteiger partial charge in [0.25, 0.3) is 0 Å². The summed E-state index contributed by atoms with van der Waals surface area (Å²) in [6.07, 6.45) is 0. The molecule has 3 heteroatoms. The lowest BCUT2D eigenvalue weighted by atomic mass is 10.00. The van der Waals surface area contributed by atoms with Gasteiger partial charge in [0, 0.05) is 44.2 Å². The van der Waals surface area contributed by atoms with Crippen molar-refractivity contribution in [2.24, 2.45) is 0 Å². The van der Waals surface area contributed by atoms with Crippen LogP contribution in [0.2, 0.25) is 0 Å². The molecule has 51 heavy (non-hydrogen) atoms. The molecule has 10 aromatic rings. The summed E-state index contributed by atoms with van der Waals surface area (Å²) in [5.41, 5.74) is 14.5. The van der Waals surface area contributed by atoms with Crippen molar-refractivity contribution in [3.8, 4) is 39.1 Å². The third-order valence-electron chi connectivity index (χ3n) is 9.99. The van der Waals surface area contributed by atoms with Crippen molar-refractivity contribution in [3.05, 3.63) is 188 Å². The molecule has 0 saturated heterocycles. The zero-order valence-corrected chi connectivity index (χ0v) is 27.8. The van der Waals surface area contributed by atoms with E-state index in [1.165, 1.54) is 38.6 Å². The van der Waals surface area contributed by atoms with Gasteiger partial charge in [-0.2, -0.15) is 0 Å². The topological polar surface area (TPSA) is 30.1 Å². The van der Waals surface area contributed by atoms with Crippen molar-refractivity contribution >= 4 is 55.1 Å². The zero-order chi connectivity index (χ0) is 33.7. The van der Waals surface area contributed by atoms with Crippen molar-refractivity contribution in [3.63, 3.8) is 0 Å². The molecule has 0 spiro atoms. The standard InChI is InChI=1S/C48H32N2O/c1-3-10-34(11-4-1)40-15-9-16-43-44-30-35(23-29-47(44)51-48(40)43)32-18-24-37(25-19-32)49-38-26-20-33(21-27-38)36-22-28-42-41-14-7-8-17-45(41)50(46(42)31-36)39-12-5-2-6-13-39/h1-31,49H. The van der Waals surface area contributed by atoms with E-state index in [-0.39, 0.29) is 0 Å². The molecule has 0 aliphatic heterocycles. The largest absolute Gasteiger partial charge is 0.455 e. The number of aromatic nitrogens is 1. The van der Waals surface area contributed by atoms with Crippen LogP contribution in [0.25, 0.3) is 82.8 Å². The van der Waals surface area contributed by atoms with E-state index in [9.17, 15) is 0 Å². The van der Waals surface area contributed by atoms with E-state index in [0.717, 1.165) is 55.6 Å². The van der Waals surface area contributed by atoms with Gasteiger partial charge in [0.05, 0.1) is 11.0 Å². The first kappa shape index (κ1) is 29.1. The minimum absolute atomic E-state index is 0.900. The fourth-order valence-electron chi connectivity index (χ4n) is 7.49. The van der Waals surface area contributed by atoms with Crippen LogP contribution in [0.5, 0.6) is 0 Å². The van der Waals surface area contributed by atoms with Gasteiger partial charge in [-0.25, -0.2) is 0 Å². The first-order valence-electron chi connectivity index (χ1n) is 17.3. The molecule has 0 unspecified atom stereocenters. The normalized spacial score (nSPS) is 11.5. The van der Waals surface area contributed by atoms with Gasteiger partial charge >= 0.3 is 0 Å². The minimum atomic E-state index is 0.900. The lowest BCUT2D eigenvalue weighted by molar-refractivity contribution is 0.670. The molecule has 0 atom stereocenters. The van der Waals surface area contributed by atoms with E-state index in [0.29, 0.717) is 0 Å². The number of benzene rings is 8. The van der Waals surface area contributed by atoms with E-state index in [1.54, 1.807) is 0 Å². The average Bonchev–Trinajstić information content (AvgIpc) is 3.74. The summed E-state index contributed by atoms with van der Waals surface area (Å²) in [7, 11) is 0. The van der Waals surface area contributed by atoms with E-state index >= 15 is 0 Å². The summed E-state index contributed by atoms with van der Waals surface area (Å²) in [6.45, 7) is 0. The Kier molecular flexibility index (Phi) is 6.81. The molecule has 0 amide bonds. The summed E-state index contributed by atoms with van der Waals surface area (Å²) in [5.74, 6) is 0. The molecule has 3 nitrogen and oxygen atoms in total. The summed E-state index contributed by atoms with van der Waals surface area (Å²) in [5, 5.41) is 8.38. The number of anilines is 2. The smallest absolute Gasteiger partial charge is 0.143 e. The van der Waals surface area contributed by atoms with Crippen LogP contribution in [0.4, 0.5) is 11.4 Å². The molecular weight excluding hydrogens is 621 g/mol. The molecule has 2 heterocycles. The maximum absolute atomic E-state index is 6.39. The van der Waals surface area contributed by atoms with Gasteiger partial charge in [0.15, 0.2) is 0 Å². The molecule has 0 aliphatic carbocycles. The highest BCUT2D eigenvalue weighted by Crippen LogP contribution is 2.38. The minimum Gasteiger partial charge on any atom is -0.455 e. The molecule has 1 N–H and O–H groups in total. The SMILES string of the molecule is c1ccc(-c2cccc3c2oc2ccc(-c4ccc(Nc5ccc(-c6ccc7c8ccccc8n(-c8ccccc8)c7c6)cc5)cc4)cc23)cc1. The monoisotopic (exact) mass is 652 g/mol. The Balaban J connectivity index is 0.911. The van der Waals surface area contributed by atoms with Crippen LogP contribution in [0.3, 0.4) is 0 Å². The summed E-state index contributed by atoms with van der Waals surface area (Å²) < 4.78 is 8.76. The first-order chi connectivity index (χ1) is 25.3.